The number of carbonyl (C=O) groups is 1. The third kappa shape index (κ3) is 5.23. The van der Waals surface area contributed by atoms with Gasteiger partial charge in [-0.05, 0) is 36.4 Å². The molecule has 0 saturated heterocycles. The molecule has 0 radical (unpaired) electrons. The van der Waals surface area contributed by atoms with Gasteiger partial charge in [0.2, 0.25) is 0 Å². The Kier molecular flexibility index (Phi) is 7.23. The third-order valence-electron chi connectivity index (χ3n) is 5.20. The fourth-order valence-electron chi connectivity index (χ4n) is 3.47. The summed E-state index contributed by atoms with van der Waals surface area (Å²) in [7, 11) is -0.911. The molecule has 4 rings (SSSR count). The minimum atomic E-state index is -3.79. The molecule has 3 aromatic carbocycles. The van der Waals surface area contributed by atoms with Gasteiger partial charge in [0.25, 0.3) is 5.91 Å². The van der Waals surface area contributed by atoms with E-state index in [0.29, 0.717) is 38.1 Å². The zero-order valence-electron chi connectivity index (χ0n) is 18.5. The van der Waals surface area contributed by atoms with E-state index in [-0.39, 0.29) is 26.4 Å². The summed E-state index contributed by atoms with van der Waals surface area (Å²) in [5.74, 6) is -0.194. The quantitative estimate of drug-likeness (QED) is 0.374. The molecule has 182 valence electrons. The van der Waals surface area contributed by atoms with Crippen molar-refractivity contribution in [3.05, 3.63) is 74.6 Å². The monoisotopic (exact) mass is 551 g/mol. The van der Waals surface area contributed by atoms with Crippen LogP contribution in [0.25, 0.3) is 6.08 Å². The van der Waals surface area contributed by atoms with Crippen LogP contribution < -0.4 is 14.8 Å². The van der Waals surface area contributed by atoms with Gasteiger partial charge in [0.1, 0.15) is 17.2 Å². The molecule has 0 aromatic heterocycles. The molecular formula is C24H19Cl2NO6S2. The van der Waals surface area contributed by atoms with Gasteiger partial charge in [0.05, 0.1) is 41.0 Å². The van der Waals surface area contributed by atoms with E-state index >= 15 is 0 Å². The lowest BCUT2D eigenvalue weighted by molar-refractivity contribution is -0.112. The molecular weight excluding hydrogens is 533 g/mol. The number of ether oxygens (including phenoxy) is 2. The number of anilines is 1. The number of carbonyl (C=O) groups excluding carboxylic acids is 1. The van der Waals surface area contributed by atoms with Crippen LogP contribution in [0.3, 0.4) is 0 Å². The molecule has 35 heavy (non-hydrogen) atoms. The summed E-state index contributed by atoms with van der Waals surface area (Å²) in [6.45, 7) is 0. The maximum atomic E-state index is 13.1. The van der Waals surface area contributed by atoms with Crippen LogP contribution in [0.4, 0.5) is 5.69 Å². The zero-order chi connectivity index (χ0) is 25.3. The number of thioether (sulfide) groups is 1. The van der Waals surface area contributed by atoms with Crippen LogP contribution in [0.1, 0.15) is 11.1 Å². The fourth-order valence-corrected chi connectivity index (χ4v) is 6.51. The second-order valence-electron chi connectivity index (χ2n) is 7.45. The topological polar surface area (TPSA) is 102 Å². The highest BCUT2D eigenvalue weighted by Gasteiger charge is 2.26. The Hall–Kier alpha value is -2.85. The van der Waals surface area contributed by atoms with Crippen LogP contribution >= 0.6 is 35.0 Å². The van der Waals surface area contributed by atoms with E-state index in [9.17, 15) is 18.3 Å². The number of aromatic hydroxyl groups is 1. The van der Waals surface area contributed by atoms with Gasteiger partial charge in [-0.1, -0.05) is 41.0 Å². The Labute approximate surface area is 216 Å². The van der Waals surface area contributed by atoms with Crippen molar-refractivity contribution >= 4 is 62.5 Å². The lowest BCUT2D eigenvalue weighted by Gasteiger charge is -2.20. The molecule has 0 spiro atoms. The number of phenols is 1. The Morgan fingerprint density at radius 3 is 2.26 bits per heavy atom. The number of halogens is 2. The molecule has 0 fully saturated rings. The smallest absolute Gasteiger partial charge is 0.262 e. The number of fused-ring (bicyclic) bond motifs is 1. The van der Waals surface area contributed by atoms with E-state index in [1.165, 1.54) is 50.2 Å². The minimum Gasteiger partial charge on any atom is -0.508 e. The van der Waals surface area contributed by atoms with Crippen molar-refractivity contribution in [3.63, 3.8) is 0 Å². The van der Waals surface area contributed by atoms with E-state index < -0.39 is 15.7 Å². The highest BCUT2D eigenvalue weighted by atomic mass is 35.5. The first-order valence-corrected chi connectivity index (χ1v) is 13.3. The average molecular weight is 552 g/mol. The molecule has 0 aliphatic carbocycles. The van der Waals surface area contributed by atoms with Gasteiger partial charge >= 0.3 is 0 Å². The van der Waals surface area contributed by atoms with Crippen molar-refractivity contribution in [3.8, 4) is 17.2 Å². The summed E-state index contributed by atoms with van der Waals surface area (Å²) >= 11 is 13.5. The van der Waals surface area contributed by atoms with E-state index in [0.717, 1.165) is 0 Å². The molecule has 0 unspecified atom stereocenters. The van der Waals surface area contributed by atoms with Crippen LogP contribution in [-0.4, -0.2) is 33.7 Å². The molecule has 1 aliphatic rings. The van der Waals surface area contributed by atoms with E-state index in [2.05, 4.69) is 5.32 Å². The van der Waals surface area contributed by atoms with Crippen molar-refractivity contribution < 1.29 is 27.8 Å². The minimum absolute atomic E-state index is 0.0300. The Bertz CT molecular complexity index is 1430. The average Bonchev–Trinajstić information content (AvgIpc) is 2.82. The summed E-state index contributed by atoms with van der Waals surface area (Å²) in [6, 6.07) is 12.1. The lowest BCUT2D eigenvalue weighted by Crippen LogP contribution is -2.18. The van der Waals surface area contributed by atoms with E-state index in [1.54, 1.807) is 30.3 Å². The van der Waals surface area contributed by atoms with E-state index in [4.69, 9.17) is 32.7 Å². The summed E-state index contributed by atoms with van der Waals surface area (Å²) in [5.41, 5.74) is 1.16. The van der Waals surface area contributed by atoms with Crippen LogP contribution in [0.5, 0.6) is 17.2 Å². The highest BCUT2D eigenvalue weighted by molar-refractivity contribution is 8.04. The molecule has 2 N–H and O–H groups in total. The second kappa shape index (κ2) is 10.0. The summed E-state index contributed by atoms with van der Waals surface area (Å²) in [5, 5.41) is 13.1. The Morgan fingerprint density at radius 1 is 1.03 bits per heavy atom. The number of benzene rings is 3. The number of hydrogen-bond acceptors (Lipinski definition) is 7. The standard InChI is InChI=1S/C24H19Cl2NO6S2/c1-32-20-8-13(28)9-21(33-2)15(20)11-23-24(29)27-19-10-14(6-7-22(19)34-23)35(30,31)12-16-17(25)4-3-5-18(16)26/h3-11,28H,12H2,1-2H3,(H,27,29). The number of sulfone groups is 1. The molecule has 0 atom stereocenters. The van der Waals surface area contributed by atoms with Crippen LogP contribution in [0.2, 0.25) is 10.0 Å². The van der Waals surface area contributed by atoms with Crippen molar-refractivity contribution in [2.75, 3.05) is 19.5 Å². The number of hydrogen-bond donors (Lipinski definition) is 2. The van der Waals surface area contributed by atoms with Crippen molar-refractivity contribution in [1.29, 1.82) is 0 Å². The molecule has 11 heteroatoms. The second-order valence-corrected chi connectivity index (χ2v) is 11.3. The Balaban J connectivity index is 1.67. The highest BCUT2D eigenvalue weighted by Crippen LogP contribution is 2.43. The molecule has 0 saturated carbocycles. The summed E-state index contributed by atoms with van der Waals surface area (Å²) in [4.78, 5) is 13.9. The predicted octanol–water partition coefficient (Wildman–Crippen LogP) is 5.78. The molecule has 7 nitrogen and oxygen atoms in total. The van der Waals surface area contributed by atoms with Gasteiger partial charge < -0.3 is 19.9 Å². The molecule has 0 bridgehead atoms. The maximum absolute atomic E-state index is 13.1. The summed E-state index contributed by atoms with van der Waals surface area (Å²) in [6.07, 6.45) is 1.59. The first-order valence-electron chi connectivity index (χ1n) is 10.1. The van der Waals surface area contributed by atoms with Gasteiger partial charge in [-0.3, -0.25) is 4.79 Å². The van der Waals surface area contributed by atoms with Gasteiger partial charge in [-0.2, -0.15) is 0 Å². The van der Waals surface area contributed by atoms with Crippen LogP contribution in [-0.2, 0) is 20.4 Å². The largest absolute Gasteiger partial charge is 0.508 e. The van der Waals surface area contributed by atoms with Gasteiger partial charge in [-0.25, -0.2) is 8.42 Å². The van der Waals surface area contributed by atoms with Crippen molar-refractivity contribution in [2.24, 2.45) is 0 Å². The first-order chi connectivity index (χ1) is 16.6. The number of nitrogens with one attached hydrogen (secondary N) is 1. The van der Waals surface area contributed by atoms with Crippen LogP contribution in [0.15, 0.2) is 63.2 Å². The van der Waals surface area contributed by atoms with Crippen LogP contribution in [0, 0.1) is 0 Å². The number of amides is 1. The van der Waals surface area contributed by atoms with Gasteiger partial charge in [0.15, 0.2) is 9.84 Å². The summed E-state index contributed by atoms with van der Waals surface area (Å²) < 4.78 is 36.7. The zero-order valence-corrected chi connectivity index (χ0v) is 21.6. The first kappa shape index (κ1) is 25.2. The third-order valence-corrected chi connectivity index (χ3v) is 8.65. The maximum Gasteiger partial charge on any atom is 0.262 e. The Morgan fingerprint density at radius 2 is 1.66 bits per heavy atom. The molecule has 1 heterocycles. The van der Waals surface area contributed by atoms with Crippen molar-refractivity contribution in [1.82, 2.24) is 0 Å². The van der Waals surface area contributed by atoms with E-state index in [1.807, 2.05) is 0 Å². The normalized spacial score (nSPS) is 14.4. The fraction of sp³-hybridized carbons (Fsp3) is 0.125. The SMILES string of the molecule is COc1cc(O)cc(OC)c1C=C1Sc2ccc(S(=O)(=O)Cc3c(Cl)cccc3Cl)cc2NC1=O. The number of phenolic OH excluding ortho intramolecular Hbond substituents is 1. The van der Waals surface area contributed by atoms with Gasteiger partial charge in [-0.15, -0.1) is 0 Å². The predicted molar refractivity (Wildman–Crippen MR) is 137 cm³/mol. The number of methoxy groups -OCH3 is 2. The molecule has 1 aliphatic heterocycles. The molecule has 3 aromatic rings. The lowest BCUT2D eigenvalue weighted by atomic mass is 10.1. The van der Waals surface area contributed by atoms with Crippen molar-refractivity contribution in [2.45, 2.75) is 15.5 Å². The molecule has 1 amide bonds. The van der Waals surface area contributed by atoms with Gasteiger partial charge in [0, 0.05) is 32.6 Å². The number of rotatable bonds is 6.